The van der Waals surface area contributed by atoms with E-state index in [1.54, 1.807) is 42.5 Å². The van der Waals surface area contributed by atoms with Gasteiger partial charge >= 0.3 is 0 Å². The zero-order chi connectivity index (χ0) is 16.6. The Balaban J connectivity index is 2.09. The summed E-state index contributed by atoms with van der Waals surface area (Å²) in [5.74, 6) is -0.245. The van der Waals surface area contributed by atoms with Crippen LogP contribution in [-0.4, -0.2) is 15.6 Å². The largest absolute Gasteiger partial charge is 0.292 e. The van der Waals surface area contributed by atoms with Crippen LogP contribution in [0.1, 0.15) is 10.4 Å². The first-order valence-corrected chi connectivity index (χ1v) is 8.16. The van der Waals surface area contributed by atoms with Gasteiger partial charge in [0.25, 0.3) is 0 Å². The average Bonchev–Trinajstić information content (AvgIpc) is 2.55. The third-order valence-electron chi connectivity index (χ3n) is 3.37. The fraction of sp³-hybridized carbons (Fsp3) is 0.0625. The van der Waals surface area contributed by atoms with Crippen LogP contribution in [0.4, 0.5) is 0 Å². The lowest BCUT2D eigenvalue weighted by atomic mass is 10.1. The number of para-hydroxylation sites is 1. The summed E-state index contributed by atoms with van der Waals surface area (Å²) in [5, 5.41) is 5.16. The van der Waals surface area contributed by atoms with Crippen LogP contribution in [0.25, 0.3) is 10.9 Å². The van der Waals surface area contributed by atoms with Crippen LogP contribution in [0.2, 0.25) is 10.0 Å². The molecule has 23 heavy (non-hydrogen) atoms. The smallest absolute Gasteiger partial charge is 0.222 e. The molecule has 0 aliphatic carbocycles. The van der Waals surface area contributed by atoms with Gasteiger partial charge in [-0.1, -0.05) is 41.4 Å². The molecule has 0 bridgehead atoms. The Labute approximate surface area is 149 Å². The number of benzene rings is 2. The molecular weight excluding hydrogens is 403 g/mol. The summed E-state index contributed by atoms with van der Waals surface area (Å²) in [5.41, 5.74) is 0.678. The van der Waals surface area contributed by atoms with E-state index in [-0.39, 0.29) is 27.4 Å². The lowest BCUT2D eigenvalue weighted by Crippen LogP contribution is -2.19. The van der Waals surface area contributed by atoms with E-state index in [0.29, 0.717) is 21.5 Å². The Kier molecular flexibility index (Phi) is 4.53. The van der Waals surface area contributed by atoms with Crippen LogP contribution in [0.5, 0.6) is 0 Å². The van der Waals surface area contributed by atoms with Gasteiger partial charge in [-0.3, -0.25) is 14.3 Å². The van der Waals surface area contributed by atoms with Gasteiger partial charge < -0.3 is 0 Å². The highest BCUT2D eigenvalue weighted by Gasteiger charge is 2.16. The Morgan fingerprint density at radius 1 is 1.13 bits per heavy atom. The minimum Gasteiger partial charge on any atom is -0.292 e. The van der Waals surface area contributed by atoms with Gasteiger partial charge in [-0.05, 0) is 40.2 Å². The number of nitrogens with zero attached hydrogens (tertiary/aromatic N) is 2. The van der Waals surface area contributed by atoms with Crippen LogP contribution < -0.4 is 5.43 Å². The average molecular weight is 412 g/mol. The molecule has 1 heterocycles. The van der Waals surface area contributed by atoms with Gasteiger partial charge in [0.15, 0.2) is 10.4 Å². The second-order valence-electron chi connectivity index (χ2n) is 4.82. The highest BCUT2D eigenvalue weighted by Crippen LogP contribution is 2.26. The van der Waals surface area contributed by atoms with Gasteiger partial charge in [-0.15, -0.1) is 0 Å². The molecule has 0 fully saturated rings. The fourth-order valence-electron chi connectivity index (χ4n) is 2.27. The maximum atomic E-state index is 12.5. The van der Waals surface area contributed by atoms with Gasteiger partial charge in [0.1, 0.15) is 6.54 Å². The van der Waals surface area contributed by atoms with Gasteiger partial charge in [0.05, 0.1) is 20.9 Å². The Hall–Kier alpha value is -1.69. The summed E-state index contributed by atoms with van der Waals surface area (Å²) in [4.78, 5) is 24.6. The second-order valence-corrected chi connectivity index (χ2v) is 6.36. The molecule has 0 aliphatic rings. The maximum absolute atomic E-state index is 12.5. The van der Waals surface area contributed by atoms with E-state index < -0.39 is 0 Å². The van der Waals surface area contributed by atoms with Gasteiger partial charge in [-0.25, -0.2) is 0 Å². The third kappa shape index (κ3) is 3.04. The molecule has 0 atom stereocenters. The number of Topliss-reactive ketones (excluding diaryl/α,β-unsaturated/α-hetero) is 1. The number of halogens is 3. The van der Waals surface area contributed by atoms with E-state index in [2.05, 4.69) is 21.0 Å². The van der Waals surface area contributed by atoms with Gasteiger partial charge in [0.2, 0.25) is 5.43 Å². The molecule has 4 nitrogen and oxygen atoms in total. The van der Waals surface area contributed by atoms with E-state index in [0.717, 1.165) is 0 Å². The quantitative estimate of drug-likeness (QED) is 0.602. The highest BCUT2D eigenvalue weighted by molar-refractivity contribution is 9.10. The molecule has 7 heteroatoms. The van der Waals surface area contributed by atoms with Crippen LogP contribution in [0, 0.1) is 0 Å². The molecule has 0 aliphatic heterocycles. The van der Waals surface area contributed by atoms with Crippen molar-refractivity contribution in [1.29, 1.82) is 0 Å². The van der Waals surface area contributed by atoms with Gasteiger partial charge in [0, 0.05) is 5.56 Å². The SMILES string of the molecule is O=C(Cn1nc(Br)c(=O)c2ccccc21)c1cccc(Cl)c1Cl. The number of aromatic nitrogens is 2. The molecule has 3 aromatic rings. The molecule has 2 aromatic carbocycles. The van der Waals surface area contributed by atoms with Crippen molar-refractivity contribution in [1.82, 2.24) is 9.78 Å². The molecule has 0 amide bonds. The summed E-state index contributed by atoms with van der Waals surface area (Å²) in [6, 6.07) is 11.9. The van der Waals surface area contributed by atoms with E-state index in [9.17, 15) is 9.59 Å². The summed E-state index contributed by atoms with van der Waals surface area (Å²) >= 11 is 15.2. The van der Waals surface area contributed by atoms with E-state index >= 15 is 0 Å². The highest BCUT2D eigenvalue weighted by atomic mass is 79.9. The summed E-state index contributed by atoms with van der Waals surface area (Å²) in [7, 11) is 0. The molecule has 0 saturated heterocycles. The Morgan fingerprint density at radius 2 is 1.87 bits per heavy atom. The lowest BCUT2D eigenvalue weighted by molar-refractivity contribution is 0.0969. The van der Waals surface area contributed by atoms with Crippen molar-refractivity contribution in [2.24, 2.45) is 0 Å². The van der Waals surface area contributed by atoms with Crippen LogP contribution in [0.3, 0.4) is 0 Å². The number of ketones is 1. The lowest BCUT2D eigenvalue weighted by Gasteiger charge is -2.10. The van der Waals surface area contributed by atoms with Gasteiger partial charge in [-0.2, -0.15) is 5.10 Å². The molecule has 0 unspecified atom stereocenters. The number of hydrogen-bond donors (Lipinski definition) is 0. The zero-order valence-electron chi connectivity index (χ0n) is 11.6. The summed E-state index contributed by atoms with van der Waals surface area (Å²) in [6.45, 7) is -0.0561. The standard InChI is InChI=1S/C16H9BrCl2N2O2/c17-16-15(23)9-4-1-2-7-12(9)21(20-16)8-13(22)10-5-3-6-11(18)14(10)19/h1-7H,8H2. The second kappa shape index (κ2) is 6.43. The van der Waals surface area contributed by atoms with E-state index in [4.69, 9.17) is 23.2 Å². The first-order valence-electron chi connectivity index (χ1n) is 6.61. The first-order chi connectivity index (χ1) is 11.0. The minimum absolute atomic E-state index is 0.0561. The number of hydrogen-bond acceptors (Lipinski definition) is 3. The molecule has 0 spiro atoms. The molecule has 0 saturated carbocycles. The van der Waals surface area contributed by atoms with Crippen molar-refractivity contribution in [2.75, 3.05) is 0 Å². The number of fused-ring (bicyclic) bond motifs is 1. The number of carbonyl (C=O) groups excluding carboxylic acids is 1. The molecule has 1 aromatic heterocycles. The van der Waals surface area contributed by atoms with Crippen molar-refractivity contribution in [3.05, 3.63) is 72.9 Å². The van der Waals surface area contributed by atoms with Crippen LogP contribution in [-0.2, 0) is 6.54 Å². The van der Waals surface area contributed by atoms with Crippen LogP contribution >= 0.6 is 39.1 Å². The predicted molar refractivity (Wildman–Crippen MR) is 94.5 cm³/mol. The summed E-state index contributed by atoms with van der Waals surface area (Å²) in [6.07, 6.45) is 0. The van der Waals surface area contributed by atoms with Crippen molar-refractivity contribution in [3.8, 4) is 0 Å². The minimum atomic E-state index is -0.245. The Bertz CT molecular complexity index is 985. The van der Waals surface area contributed by atoms with Crippen molar-refractivity contribution >= 4 is 55.8 Å². The summed E-state index contributed by atoms with van der Waals surface area (Å²) < 4.78 is 1.63. The molecule has 3 rings (SSSR count). The number of rotatable bonds is 3. The molecule has 0 radical (unpaired) electrons. The molecule has 116 valence electrons. The van der Waals surface area contributed by atoms with E-state index in [1.165, 1.54) is 4.68 Å². The number of carbonyl (C=O) groups is 1. The van der Waals surface area contributed by atoms with Crippen molar-refractivity contribution in [3.63, 3.8) is 0 Å². The monoisotopic (exact) mass is 410 g/mol. The Morgan fingerprint density at radius 3 is 2.65 bits per heavy atom. The van der Waals surface area contributed by atoms with Crippen molar-refractivity contribution in [2.45, 2.75) is 6.54 Å². The fourth-order valence-corrected chi connectivity index (χ4v) is 3.08. The van der Waals surface area contributed by atoms with E-state index in [1.807, 2.05) is 0 Å². The van der Waals surface area contributed by atoms with Crippen molar-refractivity contribution < 1.29 is 4.79 Å². The zero-order valence-corrected chi connectivity index (χ0v) is 14.7. The van der Waals surface area contributed by atoms with Crippen LogP contribution in [0.15, 0.2) is 51.9 Å². The third-order valence-corrected chi connectivity index (χ3v) is 4.71. The topological polar surface area (TPSA) is 52.0 Å². The molecular formula is C16H9BrCl2N2O2. The maximum Gasteiger partial charge on any atom is 0.222 e. The first kappa shape index (κ1) is 16.2. The molecule has 0 N–H and O–H groups in total. The predicted octanol–water partition coefficient (Wildman–Crippen LogP) is 4.35. The normalized spacial score (nSPS) is 10.9.